The van der Waals surface area contributed by atoms with Gasteiger partial charge in [0.25, 0.3) is 0 Å². The molecule has 0 aliphatic carbocycles. The zero-order valence-electron chi connectivity index (χ0n) is 9.69. The minimum atomic E-state index is -0.159. The molecule has 16 heavy (non-hydrogen) atoms. The molecule has 0 atom stereocenters. The summed E-state index contributed by atoms with van der Waals surface area (Å²) in [4.78, 5) is 0. The zero-order chi connectivity index (χ0) is 12.0. The lowest BCUT2D eigenvalue weighted by Crippen LogP contribution is -2.30. The largest absolute Gasteiger partial charge is 0.387 e. The fourth-order valence-electron chi connectivity index (χ4n) is 1.19. The molecule has 0 spiro atoms. The molecule has 0 fully saturated rings. The summed E-state index contributed by atoms with van der Waals surface area (Å²) in [6.07, 6.45) is 3.19. The van der Waals surface area contributed by atoms with Crippen LogP contribution in [0.5, 0.6) is 0 Å². The molecule has 0 aliphatic rings. The molecule has 1 rings (SSSR count). The van der Waals surface area contributed by atoms with Crippen molar-refractivity contribution >= 4 is 28.9 Å². The molecule has 1 aromatic rings. The second-order valence-electron chi connectivity index (χ2n) is 4.31. The van der Waals surface area contributed by atoms with Crippen molar-refractivity contribution in [3.63, 3.8) is 0 Å². The Hall–Kier alpha value is -0.620. The van der Waals surface area contributed by atoms with E-state index in [4.69, 9.17) is 11.1 Å². The number of rotatable bonds is 7. The van der Waals surface area contributed by atoms with Crippen LogP contribution in [0.4, 0.5) is 0 Å². The van der Waals surface area contributed by atoms with E-state index in [9.17, 15) is 0 Å². The summed E-state index contributed by atoms with van der Waals surface area (Å²) >= 11 is 3.32. The van der Waals surface area contributed by atoms with E-state index >= 15 is 0 Å². The van der Waals surface area contributed by atoms with Gasteiger partial charge >= 0.3 is 0 Å². The van der Waals surface area contributed by atoms with Crippen molar-refractivity contribution in [2.24, 2.45) is 11.1 Å². The van der Waals surface area contributed by atoms with Gasteiger partial charge in [-0.2, -0.15) is 0 Å². The predicted molar refractivity (Wildman–Crippen MR) is 70.2 cm³/mol. The molecule has 0 bridgehead atoms. The van der Waals surface area contributed by atoms with Crippen molar-refractivity contribution in [3.8, 4) is 0 Å². The topological polar surface area (TPSA) is 75.7 Å². The number of unbranched alkanes of at least 4 members (excludes halogenated alkanes) is 1. The highest BCUT2D eigenvalue weighted by Crippen LogP contribution is 2.25. The van der Waals surface area contributed by atoms with Crippen LogP contribution in [0, 0.1) is 10.8 Å². The molecule has 0 aliphatic heterocycles. The highest BCUT2D eigenvalue weighted by Gasteiger charge is 2.20. The molecular weight excluding hydrogens is 240 g/mol. The highest BCUT2D eigenvalue weighted by molar-refractivity contribution is 8.00. The Bertz CT molecular complexity index is 322. The first-order valence-electron chi connectivity index (χ1n) is 5.26. The molecule has 0 aromatic carbocycles. The summed E-state index contributed by atoms with van der Waals surface area (Å²) in [5.41, 5.74) is 7.12. The Balaban J connectivity index is 2.10. The van der Waals surface area contributed by atoms with Crippen LogP contribution in [-0.2, 0) is 0 Å². The van der Waals surface area contributed by atoms with Gasteiger partial charge in [-0.1, -0.05) is 43.4 Å². The van der Waals surface area contributed by atoms with Gasteiger partial charge in [-0.25, -0.2) is 0 Å². The van der Waals surface area contributed by atoms with Crippen molar-refractivity contribution in [1.82, 2.24) is 10.2 Å². The quantitative estimate of drug-likeness (QED) is 0.341. The Morgan fingerprint density at radius 1 is 1.56 bits per heavy atom. The molecule has 90 valence electrons. The van der Waals surface area contributed by atoms with Gasteiger partial charge in [0.2, 0.25) is 0 Å². The van der Waals surface area contributed by atoms with E-state index in [1.54, 1.807) is 28.6 Å². The zero-order valence-corrected chi connectivity index (χ0v) is 11.3. The van der Waals surface area contributed by atoms with Gasteiger partial charge in [-0.15, -0.1) is 10.2 Å². The molecular formula is C10H18N4S2. The summed E-state index contributed by atoms with van der Waals surface area (Å²) in [6, 6.07) is 0. The molecule has 1 aromatic heterocycles. The van der Waals surface area contributed by atoms with Crippen molar-refractivity contribution < 1.29 is 0 Å². The number of nitrogens with two attached hydrogens (primary N) is 1. The number of nitrogens with zero attached hydrogens (tertiary/aromatic N) is 2. The third-order valence-electron chi connectivity index (χ3n) is 2.49. The molecule has 6 heteroatoms. The third-order valence-corrected chi connectivity index (χ3v) is 4.44. The van der Waals surface area contributed by atoms with Gasteiger partial charge in [0.05, 0.1) is 5.84 Å². The number of amidine groups is 1. The minimum absolute atomic E-state index is 0.159. The summed E-state index contributed by atoms with van der Waals surface area (Å²) in [6.45, 7) is 4.04. The van der Waals surface area contributed by atoms with Crippen molar-refractivity contribution in [3.05, 3.63) is 5.51 Å². The average Bonchev–Trinajstić information content (AvgIpc) is 2.69. The summed E-state index contributed by atoms with van der Waals surface area (Å²) in [5, 5.41) is 15.2. The van der Waals surface area contributed by atoms with Gasteiger partial charge in [0.1, 0.15) is 5.51 Å². The van der Waals surface area contributed by atoms with Crippen LogP contribution >= 0.6 is 23.1 Å². The van der Waals surface area contributed by atoms with Gasteiger partial charge < -0.3 is 5.73 Å². The summed E-state index contributed by atoms with van der Waals surface area (Å²) in [7, 11) is 0. The molecule has 1 heterocycles. The molecule has 0 unspecified atom stereocenters. The fraction of sp³-hybridized carbons (Fsp3) is 0.700. The smallest absolute Gasteiger partial charge is 0.174 e. The number of hydrogen-bond acceptors (Lipinski definition) is 5. The minimum Gasteiger partial charge on any atom is -0.387 e. The van der Waals surface area contributed by atoms with Gasteiger partial charge in [-0.3, -0.25) is 5.41 Å². The maximum atomic E-state index is 7.45. The maximum absolute atomic E-state index is 7.45. The molecule has 4 nitrogen and oxygen atoms in total. The van der Waals surface area contributed by atoms with Crippen molar-refractivity contribution in [2.45, 2.75) is 37.4 Å². The van der Waals surface area contributed by atoms with E-state index in [0.29, 0.717) is 0 Å². The molecule has 0 radical (unpaired) electrons. The molecule has 0 amide bonds. The van der Waals surface area contributed by atoms with Crippen molar-refractivity contribution in [1.29, 1.82) is 5.41 Å². The fourth-order valence-corrected chi connectivity index (χ4v) is 2.75. The summed E-state index contributed by atoms with van der Waals surface area (Å²) in [5.74, 6) is 1.34. The van der Waals surface area contributed by atoms with Gasteiger partial charge in [-0.05, 0) is 12.8 Å². The standard InChI is InChI=1S/C10H18N4S2/c1-10(2,8(11)12)5-3-4-6-15-9-14-13-7-16-9/h7H,3-6H2,1-2H3,(H3,11,12). The number of hydrogen-bond donors (Lipinski definition) is 2. The second-order valence-corrected chi connectivity index (χ2v) is 6.48. The van der Waals surface area contributed by atoms with Crippen LogP contribution in [0.3, 0.4) is 0 Å². The Labute approximate surface area is 105 Å². The number of thioether (sulfide) groups is 1. The van der Waals surface area contributed by atoms with Crippen LogP contribution in [0.1, 0.15) is 33.1 Å². The Morgan fingerprint density at radius 3 is 2.88 bits per heavy atom. The maximum Gasteiger partial charge on any atom is 0.174 e. The third kappa shape index (κ3) is 4.49. The van der Waals surface area contributed by atoms with Crippen molar-refractivity contribution in [2.75, 3.05) is 5.75 Å². The number of nitrogens with one attached hydrogen (secondary N) is 1. The monoisotopic (exact) mass is 258 g/mol. The molecule has 0 saturated carbocycles. The average molecular weight is 258 g/mol. The van der Waals surface area contributed by atoms with Crippen LogP contribution in [0.15, 0.2) is 9.85 Å². The van der Waals surface area contributed by atoms with Crippen LogP contribution in [0.2, 0.25) is 0 Å². The van der Waals surface area contributed by atoms with E-state index < -0.39 is 0 Å². The lowest BCUT2D eigenvalue weighted by atomic mass is 9.86. The first-order chi connectivity index (χ1) is 7.52. The Kier molecular flexibility index (Phi) is 5.21. The normalized spacial score (nSPS) is 11.6. The lowest BCUT2D eigenvalue weighted by Gasteiger charge is -2.22. The van der Waals surface area contributed by atoms with E-state index in [1.807, 2.05) is 13.8 Å². The van der Waals surface area contributed by atoms with E-state index in [1.165, 1.54) is 0 Å². The number of aromatic nitrogens is 2. The van der Waals surface area contributed by atoms with Gasteiger partial charge in [0, 0.05) is 11.2 Å². The lowest BCUT2D eigenvalue weighted by molar-refractivity contribution is 0.448. The first kappa shape index (κ1) is 13.4. The Morgan fingerprint density at radius 2 is 2.31 bits per heavy atom. The molecule has 3 N–H and O–H groups in total. The van der Waals surface area contributed by atoms with E-state index in [-0.39, 0.29) is 11.3 Å². The summed E-state index contributed by atoms with van der Waals surface area (Å²) < 4.78 is 1.03. The molecule has 0 saturated heterocycles. The SMILES string of the molecule is CC(C)(CCCCSc1nncs1)C(=N)N. The second kappa shape index (κ2) is 6.20. The van der Waals surface area contributed by atoms with E-state index in [0.717, 1.165) is 29.4 Å². The predicted octanol–water partition coefficient (Wildman–Crippen LogP) is 2.76. The van der Waals surface area contributed by atoms with Crippen LogP contribution in [-0.4, -0.2) is 21.8 Å². The van der Waals surface area contributed by atoms with Crippen LogP contribution < -0.4 is 5.73 Å². The van der Waals surface area contributed by atoms with Gasteiger partial charge in [0.15, 0.2) is 4.34 Å². The van der Waals surface area contributed by atoms with E-state index in [2.05, 4.69) is 10.2 Å². The first-order valence-corrected chi connectivity index (χ1v) is 7.12. The van der Waals surface area contributed by atoms with Crippen LogP contribution in [0.25, 0.3) is 0 Å². The highest BCUT2D eigenvalue weighted by atomic mass is 32.2.